The van der Waals surface area contributed by atoms with Crippen molar-refractivity contribution in [2.45, 2.75) is 32.0 Å². The van der Waals surface area contributed by atoms with Gasteiger partial charge in [0, 0.05) is 50.3 Å². The molecule has 0 spiro atoms. The van der Waals surface area contributed by atoms with Gasteiger partial charge < -0.3 is 24.4 Å². The summed E-state index contributed by atoms with van der Waals surface area (Å²) in [6.07, 6.45) is 6.05. The van der Waals surface area contributed by atoms with Gasteiger partial charge in [0.2, 0.25) is 0 Å². The summed E-state index contributed by atoms with van der Waals surface area (Å²) in [5, 5.41) is 4.06. The molecule has 1 aliphatic rings. The first-order valence-electron chi connectivity index (χ1n) is 9.43. The van der Waals surface area contributed by atoms with Crippen molar-refractivity contribution in [2.24, 2.45) is 0 Å². The molecule has 3 rings (SSSR count). The van der Waals surface area contributed by atoms with Gasteiger partial charge in [0.05, 0.1) is 20.3 Å². The Morgan fingerprint density at radius 3 is 2.86 bits per heavy atom. The van der Waals surface area contributed by atoms with Crippen LogP contribution in [0.2, 0.25) is 0 Å². The van der Waals surface area contributed by atoms with Gasteiger partial charge in [-0.15, -0.1) is 0 Å². The first kappa shape index (κ1) is 20.4. The van der Waals surface area contributed by atoms with Gasteiger partial charge in [0.25, 0.3) is 0 Å². The second-order valence-corrected chi connectivity index (χ2v) is 7.10. The van der Waals surface area contributed by atoms with Gasteiger partial charge in [-0.1, -0.05) is 6.07 Å². The van der Waals surface area contributed by atoms with Crippen LogP contribution in [0.1, 0.15) is 24.0 Å². The van der Waals surface area contributed by atoms with Gasteiger partial charge in [0.15, 0.2) is 5.11 Å². The number of thiocarbonyl (C=S) groups is 1. The fourth-order valence-corrected chi connectivity index (χ4v) is 3.43. The fraction of sp³-hybridized carbons (Fsp3) is 0.429. The van der Waals surface area contributed by atoms with Gasteiger partial charge in [-0.3, -0.25) is 4.98 Å². The first-order valence-corrected chi connectivity index (χ1v) is 9.84. The molecule has 1 fully saturated rings. The molecule has 1 aromatic heterocycles. The zero-order chi connectivity index (χ0) is 19.8. The minimum absolute atomic E-state index is 0.230. The van der Waals surface area contributed by atoms with Crippen LogP contribution < -0.4 is 14.8 Å². The second kappa shape index (κ2) is 10.2. The predicted octanol–water partition coefficient (Wildman–Crippen LogP) is 3.15. The van der Waals surface area contributed by atoms with E-state index in [9.17, 15) is 0 Å². The molecule has 6 nitrogen and oxygen atoms in total. The third kappa shape index (κ3) is 5.56. The number of rotatable bonds is 8. The smallest absolute Gasteiger partial charge is 0.169 e. The van der Waals surface area contributed by atoms with Crippen molar-refractivity contribution >= 4 is 17.3 Å². The van der Waals surface area contributed by atoms with Crippen LogP contribution in [0.5, 0.6) is 11.5 Å². The summed E-state index contributed by atoms with van der Waals surface area (Å²) in [5.74, 6) is 1.54. The molecule has 0 bridgehead atoms. The summed E-state index contributed by atoms with van der Waals surface area (Å²) in [5.41, 5.74) is 2.13. The Morgan fingerprint density at radius 1 is 1.29 bits per heavy atom. The van der Waals surface area contributed by atoms with Crippen molar-refractivity contribution in [3.63, 3.8) is 0 Å². The monoisotopic (exact) mass is 401 g/mol. The van der Waals surface area contributed by atoms with Gasteiger partial charge in [-0.05, 0) is 48.8 Å². The fourth-order valence-electron chi connectivity index (χ4n) is 3.22. The van der Waals surface area contributed by atoms with E-state index in [0.29, 0.717) is 18.2 Å². The number of nitrogens with zero attached hydrogens (tertiary/aromatic N) is 2. The summed E-state index contributed by atoms with van der Waals surface area (Å²) in [7, 11) is 3.31. The standard InChI is InChI=1S/C21H27N3O3S/c1-25-18-8-7-17(20(11-18)26-2)15-24(14-16-5-3-9-22-12-16)21(28)23-13-19-6-4-10-27-19/h3,5,7-9,11-12,19H,4,6,10,13-15H2,1-2H3,(H,23,28)/t19-/m1/s1. The molecule has 0 saturated carbocycles. The van der Waals surface area contributed by atoms with E-state index in [1.807, 2.05) is 36.5 Å². The van der Waals surface area contributed by atoms with Crippen LogP contribution >= 0.6 is 12.2 Å². The van der Waals surface area contributed by atoms with Crippen molar-refractivity contribution in [2.75, 3.05) is 27.4 Å². The van der Waals surface area contributed by atoms with Crippen LogP contribution in [0.3, 0.4) is 0 Å². The lowest BCUT2D eigenvalue weighted by Gasteiger charge is -2.27. The Morgan fingerprint density at radius 2 is 2.18 bits per heavy atom. The van der Waals surface area contributed by atoms with Crippen molar-refractivity contribution < 1.29 is 14.2 Å². The van der Waals surface area contributed by atoms with Crippen LogP contribution in [-0.4, -0.2) is 48.5 Å². The lowest BCUT2D eigenvalue weighted by Crippen LogP contribution is -2.42. The van der Waals surface area contributed by atoms with E-state index in [2.05, 4.69) is 15.2 Å². The highest BCUT2D eigenvalue weighted by Gasteiger charge is 2.19. The quantitative estimate of drug-likeness (QED) is 0.682. The van der Waals surface area contributed by atoms with Gasteiger partial charge >= 0.3 is 0 Å². The van der Waals surface area contributed by atoms with E-state index >= 15 is 0 Å². The lowest BCUT2D eigenvalue weighted by molar-refractivity contribution is 0.113. The number of hydrogen-bond acceptors (Lipinski definition) is 5. The van der Waals surface area contributed by atoms with E-state index in [0.717, 1.165) is 48.6 Å². The zero-order valence-corrected chi connectivity index (χ0v) is 17.2. The van der Waals surface area contributed by atoms with Crippen molar-refractivity contribution in [3.8, 4) is 11.5 Å². The molecule has 1 aromatic carbocycles. The number of aromatic nitrogens is 1. The maximum Gasteiger partial charge on any atom is 0.169 e. The van der Waals surface area contributed by atoms with E-state index in [4.69, 9.17) is 26.4 Å². The van der Waals surface area contributed by atoms with E-state index < -0.39 is 0 Å². The minimum atomic E-state index is 0.230. The zero-order valence-electron chi connectivity index (χ0n) is 16.4. The van der Waals surface area contributed by atoms with Gasteiger partial charge in [0.1, 0.15) is 11.5 Å². The topological polar surface area (TPSA) is 55.9 Å². The van der Waals surface area contributed by atoms with E-state index in [1.54, 1.807) is 20.4 Å². The molecular weight excluding hydrogens is 374 g/mol. The predicted molar refractivity (Wildman–Crippen MR) is 113 cm³/mol. The second-order valence-electron chi connectivity index (χ2n) is 6.72. The molecule has 28 heavy (non-hydrogen) atoms. The summed E-state index contributed by atoms with van der Waals surface area (Å²) < 4.78 is 16.6. The molecule has 0 amide bonds. The Labute approximate surface area is 171 Å². The molecule has 1 atom stereocenters. The highest BCUT2D eigenvalue weighted by atomic mass is 32.1. The SMILES string of the molecule is COc1ccc(CN(Cc2cccnc2)C(=S)NC[C@H]2CCCO2)c(OC)c1. The average molecular weight is 402 g/mol. The van der Waals surface area contributed by atoms with Crippen LogP contribution in [0.25, 0.3) is 0 Å². The molecule has 2 heterocycles. The number of nitrogens with one attached hydrogen (secondary N) is 1. The molecular formula is C21H27N3O3S. The molecule has 1 saturated heterocycles. The molecule has 150 valence electrons. The summed E-state index contributed by atoms with van der Waals surface area (Å²) in [6.45, 7) is 2.82. The Hall–Kier alpha value is -2.38. The average Bonchev–Trinajstić information content (AvgIpc) is 3.26. The van der Waals surface area contributed by atoms with Crippen LogP contribution in [0.4, 0.5) is 0 Å². The van der Waals surface area contributed by atoms with Crippen LogP contribution in [-0.2, 0) is 17.8 Å². The molecule has 1 aliphatic heterocycles. The molecule has 1 N–H and O–H groups in total. The minimum Gasteiger partial charge on any atom is -0.497 e. The van der Waals surface area contributed by atoms with E-state index in [-0.39, 0.29) is 6.10 Å². The largest absolute Gasteiger partial charge is 0.497 e. The van der Waals surface area contributed by atoms with Crippen molar-refractivity contribution in [3.05, 3.63) is 53.9 Å². The third-order valence-corrected chi connectivity index (χ3v) is 5.15. The highest BCUT2D eigenvalue weighted by Crippen LogP contribution is 2.26. The Bertz CT molecular complexity index is 767. The van der Waals surface area contributed by atoms with Crippen molar-refractivity contribution in [1.29, 1.82) is 0 Å². The Balaban J connectivity index is 1.74. The van der Waals surface area contributed by atoms with E-state index in [1.165, 1.54) is 0 Å². The lowest BCUT2D eigenvalue weighted by atomic mass is 10.1. The number of pyridine rings is 1. The first-order chi connectivity index (χ1) is 13.7. The molecule has 2 aromatic rings. The van der Waals surface area contributed by atoms with Gasteiger partial charge in [-0.25, -0.2) is 0 Å². The highest BCUT2D eigenvalue weighted by molar-refractivity contribution is 7.80. The molecule has 0 radical (unpaired) electrons. The number of methoxy groups -OCH3 is 2. The number of hydrogen-bond donors (Lipinski definition) is 1. The summed E-state index contributed by atoms with van der Waals surface area (Å²) in [6, 6.07) is 9.82. The number of benzene rings is 1. The maximum atomic E-state index is 5.71. The van der Waals surface area contributed by atoms with Crippen molar-refractivity contribution in [1.82, 2.24) is 15.2 Å². The molecule has 7 heteroatoms. The third-order valence-electron chi connectivity index (χ3n) is 4.74. The van der Waals surface area contributed by atoms with Crippen LogP contribution in [0, 0.1) is 0 Å². The molecule has 0 aliphatic carbocycles. The number of ether oxygens (including phenoxy) is 3. The Kier molecular flexibility index (Phi) is 7.45. The maximum absolute atomic E-state index is 5.71. The van der Waals surface area contributed by atoms with Crippen LogP contribution in [0.15, 0.2) is 42.7 Å². The summed E-state index contributed by atoms with van der Waals surface area (Å²) >= 11 is 5.71. The normalized spacial score (nSPS) is 15.9. The molecule has 0 unspecified atom stereocenters. The van der Waals surface area contributed by atoms with Gasteiger partial charge in [-0.2, -0.15) is 0 Å². The summed E-state index contributed by atoms with van der Waals surface area (Å²) in [4.78, 5) is 6.33.